The van der Waals surface area contributed by atoms with Crippen molar-refractivity contribution in [3.05, 3.63) is 94.3 Å². The lowest BCUT2D eigenvalue weighted by Gasteiger charge is -2.33. The zero-order valence-electron chi connectivity index (χ0n) is 28.8. The van der Waals surface area contributed by atoms with Crippen LogP contribution >= 0.6 is 11.3 Å². The van der Waals surface area contributed by atoms with Crippen molar-refractivity contribution >= 4 is 49.9 Å². The van der Waals surface area contributed by atoms with Crippen molar-refractivity contribution < 1.29 is 23.1 Å². The normalized spacial score (nSPS) is 15.5. The Morgan fingerprint density at radius 3 is 2.51 bits per heavy atom. The van der Waals surface area contributed by atoms with Crippen LogP contribution in [0.1, 0.15) is 59.8 Å². The first-order valence-corrected chi connectivity index (χ1v) is 17.7. The summed E-state index contributed by atoms with van der Waals surface area (Å²) in [6.45, 7) is 11.7. The summed E-state index contributed by atoms with van der Waals surface area (Å²) in [5, 5.41) is 29.4. The number of benzene rings is 2. The zero-order valence-corrected chi connectivity index (χ0v) is 29.6. The average molecular weight is 716 g/mol. The van der Waals surface area contributed by atoms with Crippen LogP contribution < -0.4 is 10.6 Å². The molecule has 9 nitrogen and oxygen atoms in total. The largest absolute Gasteiger partial charge is 0.393 e. The Hall–Kier alpha value is -4.77. The van der Waals surface area contributed by atoms with Crippen LogP contribution in [0.4, 0.5) is 24.7 Å². The fourth-order valence-corrected chi connectivity index (χ4v) is 7.78. The van der Waals surface area contributed by atoms with E-state index in [2.05, 4.69) is 51.1 Å². The molecule has 0 saturated carbocycles. The van der Waals surface area contributed by atoms with E-state index in [4.69, 9.17) is 0 Å². The number of likely N-dealkylation sites (tertiary alicyclic amines) is 1. The predicted molar refractivity (Wildman–Crippen MR) is 195 cm³/mol. The van der Waals surface area contributed by atoms with Gasteiger partial charge in [0.2, 0.25) is 5.91 Å². The van der Waals surface area contributed by atoms with Crippen molar-refractivity contribution in [2.75, 3.05) is 23.7 Å². The van der Waals surface area contributed by atoms with E-state index in [0.29, 0.717) is 45.2 Å². The van der Waals surface area contributed by atoms with Crippen molar-refractivity contribution in [1.29, 1.82) is 5.26 Å². The van der Waals surface area contributed by atoms with E-state index in [9.17, 15) is 28.3 Å². The summed E-state index contributed by atoms with van der Waals surface area (Å²) in [4.78, 5) is 24.0. The van der Waals surface area contributed by atoms with Gasteiger partial charge in [0.15, 0.2) is 0 Å². The summed E-state index contributed by atoms with van der Waals surface area (Å²) in [6, 6.07) is 16.9. The van der Waals surface area contributed by atoms with Crippen LogP contribution in [0.2, 0.25) is 0 Å². The third-order valence-electron chi connectivity index (χ3n) is 9.51. The summed E-state index contributed by atoms with van der Waals surface area (Å²) in [6.07, 6.45) is -1.79. The summed E-state index contributed by atoms with van der Waals surface area (Å²) >= 11 is 1.08. The van der Waals surface area contributed by atoms with Crippen molar-refractivity contribution in [2.24, 2.45) is 0 Å². The Morgan fingerprint density at radius 1 is 1.14 bits per heavy atom. The Bertz CT molecular complexity index is 2120. The van der Waals surface area contributed by atoms with Gasteiger partial charge in [-0.25, -0.2) is 9.97 Å². The molecule has 266 valence electrons. The van der Waals surface area contributed by atoms with Crippen LogP contribution in [-0.4, -0.2) is 55.8 Å². The van der Waals surface area contributed by atoms with Gasteiger partial charge in [-0.1, -0.05) is 31.7 Å². The summed E-state index contributed by atoms with van der Waals surface area (Å²) < 4.78 is 41.1. The van der Waals surface area contributed by atoms with Crippen LogP contribution in [0.25, 0.3) is 21.1 Å². The number of nitrogens with zero attached hydrogens (tertiary/aromatic N) is 5. The standard InChI is InChI=1S/C38H40F3N7O2S/c1-5-33-45-35(31-18-29(19-38(39,40)41)51-36(31)46-33)44-27-13-15-47(16-14-27)21-24-7-12-32-30(23(24)3)17-28(20-42)48(32)22-37(4,50)25-8-10-26(11-9-25)43-34(49)6-2/h6-12,17-18,27,50H,2,5,13-16,19,21-22H2,1,3-4H3,(H,43,49)(H,44,45,46). The van der Waals surface area contributed by atoms with Gasteiger partial charge in [0.05, 0.1) is 18.4 Å². The molecule has 0 spiro atoms. The van der Waals surface area contributed by atoms with Gasteiger partial charge < -0.3 is 20.3 Å². The molecular formula is C38H40F3N7O2S. The lowest BCUT2D eigenvalue weighted by molar-refractivity contribution is -0.126. The highest BCUT2D eigenvalue weighted by atomic mass is 32.1. The zero-order chi connectivity index (χ0) is 36.5. The van der Waals surface area contributed by atoms with Crippen LogP contribution in [0, 0.1) is 18.3 Å². The average Bonchev–Trinajstić information content (AvgIpc) is 3.66. The lowest BCUT2D eigenvalue weighted by Crippen LogP contribution is -2.39. The van der Waals surface area contributed by atoms with E-state index in [1.807, 2.05) is 23.6 Å². The van der Waals surface area contributed by atoms with E-state index in [1.165, 1.54) is 6.08 Å². The number of halogens is 3. The second-order valence-corrected chi connectivity index (χ2v) is 14.4. The minimum atomic E-state index is -4.28. The first-order chi connectivity index (χ1) is 24.3. The smallest absolute Gasteiger partial charge is 0.384 e. The molecule has 5 aromatic rings. The number of aliphatic hydroxyl groups is 1. The molecule has 0 radical (unpaired) electrons. The first kappa shape index (κ1) is 36.0. The van der Waals surface area contributed by atoms with Gasteiger partial charge in [0.1, 0.15) is 33.8 Å². The third-order valence-corrected chi connectivity index (χ3v) is 10.5. The molecule has 1 fully saturated rings. The molecule has 0 aliphatic carbocycles. The molecule has 1 aliphatic rings. The molecule has 1 atom stereocenters. The number of hydrogen-bond donors (Lipinski definition) is 3. The second-order valence-electron chi connectivity index (χ2n) is 13.3. The molecule has 3 N–H and O–H groups in total. The van der Waals surface area contributed by atoms with E-state index in [-0.39, 0.29) is 23.4 Å². The molecular weight excluding hydrogens is 676 g/mol. The van der Waals surface area contributed by atoms with Crippen molar-refractivity contribution in [2.45, 2.75) is 77.4 Å². The first-order valence-electron chi connectivity index (χ1n) is 16.9. The van der Waals surface area contributed by atoms with E-state index < -0.39 is 18.2 Å². The highest BCUT2D eigenvalue weighted by molar-refractivity contribution is 7.18. The van der Waals surface area contributed by atoms with Gasteiger partial charge in [-0.05, 0) is 79.8 Å². The molecule has 1 saturated heterocycles. The van der Waals surface area contributed by atoms with E-state index >= 15 is 0 Å². The molecule has 51 heavy (non-hydrogen) atoms. The van der Waals surface area contributed by atoms with Crippen molar-refractivity contribution in [1.82, 2.24) is 19.4 Å². The lowest BCUT2D eigenvalue weighted by atomic mass is 9.95. The summed E-state index contributed by atoms with van der Waals surface area (Å²) in [5.74, 6) is 0.890. The second kappa shape index (κ2) is 14.5. The maximum absolute atomic E-state index is 13.1. The number of carbonyl (C=O) groups excluding carboxylic acids is 1. The van der Waals surface area contributed by atoms with Gasteiger partial charge in [-0.3, -0.25) is 9.69 Å². The molecule has 13 heteroatoms. The number of alkyl halides is 3. The molecule has 6 rings (SSSR count). The number of rotatable bonds is 11. The molecule has 1 amide bonds. The highest BCUT2D eigenvalue weighted by Crippen LogP contribution is 2.35. The summed E-state index contributed by atoms with van der Waals surface area (Å²) in [5.41, 5.74) is 3.48. The number of piperidine rings is 1. The number of aromatic nitrogens is 3. The maximum atomic E-state index is 13.1. The van der Waals surface area contributed by atoms with Crippen molar-refractivity contribution in [3.63, 3.8) is 0 Å². The van der Waals surface area contributed by atoms with Crippen LogP contribution in [0.15, 0.2) is 61.2 Å². The number of fused-ring (bicyclic) bond motifs is 2. The minimum absolute atomic E-state index is 0.126. The summed E-state index contributed by atoms with van der Waals surface area (Å²) in [7, 11) is 0. The fraction of sp³-hybridized carbons (Fsp3) is 0.368. The number of carbonyl (C=O) groups is 1. The van der Waals surface area contributed by atoms with Crippen LogP contribution in [-0.2, 0) is 36.3 Å². The molecule has 1 aliphatic heterocycles. The Labute approximate surface area is 298 Å². The van der Waals surface area contributed by atoms with E-state index in [1.54, 1.807) is 37.3 Å². The fourth-order valence-electron chi connectivity index (χ4n) is 6.70. The van der Waals surface area contributed by atoms with Gasteiger partial charge in [-0.2, -0.15) is 18.4 Å². The predicted octanol–water partition coefficient (Wildman–Crippen LogP) is 7.60. The SMILES string of the molecule is C=CC(=O)Nc1ccc(C(C)(O)Cn2c(C#N)cc3c(C)c(CN4CCC(Nc5nc(CC)nc6sc(CC(F)(F)F)cc56)CC4)ccc32)cc1. The van der Waals surface area contributed by atoms with E-state index in [0.717, 1.165) is 65.8 Å². The van der Waals surface area contributed by atoms with Crippen LogP contribution in [0.3, 0.4) is 0 Å². The molecule has 4 heterocycles. The van der Waals surface area contributed by atoms with Gasteiger partial charge >= 0.3 is 6.18 Å². The monoisotopic (exact) mass is 715 g/mol. The van der Waals surface area contributed by atoms with Gasteiger partial charge in [0.25, 0.3) is 0 Å². The number of nitrogens with one attached hydrogen (secondary N) is 2. The Morgan fingerprint density at radius 2 is 1.86 bits per heavy atom. The Balaban J connectivity index is 1.13. The Kier molecular flexibility index (Phi) is 10.2. The number of thiophene rings is 1. The quantitative estimate of drug-likeness (QED) is 0.121. The van der Waals surface area contributed by atoms with Gasteiger partial charge in [0, 0.05) is 53.6 Å². The van der Waals surface area contributed by atoms with Crippen LogP contribution in [0.5, 0.6) is 0 Å². The highest BCUT2D eigenvalue weighted by Gasteiger charge is 2.30. The minimum Gasteiger partial charge on any atom is -0.384 e. The molecule has 3 aromatic heterocycles. The van der Waals surface area contributed by atoms with Crippen molar-refractivity contribution in [3.8, 4) is 6.07 Å². The number of hydrogen-bond acceptors (Lipinski definition) is 8. The maximum Gasteiger partial charge on any atom is 0.393 e. The topological polar surface area (TPSA) is 119 Å². The molecule has 1 unspecified atom stereocenters. The molecule has 2 aromatic carbocycles. The number of anilines is 2. The number of amides is 1. The third kappa shape index (κ3) is 8.09. The molecule has 0 bridgehead atoms. The number of aryl methyl sites for hydroxylation is 2. The van der Waals surface area contributed by atoms with Gasteiger partial charge in [-0.15, -0.1) is 11.3 Å². The number of nitriles is 1.